The molecule has 0 spiro atoms. The summed E-state index contributed by atoms with van der Waals surface area (Å²) >= 11 is 2.02. The standard InChI is InChI=1S/C10H20N2OS/c11-7-10(3-6-14-8-10)12-9-1-4-13-5-2-9/h9,12H,1-8,11H2. The summed E-state index contributed by atoms with van der Waals surface area (Å²) < 4.78 is 5.35. The largest absolute Gasteiger partial charge is 0.381 e. The highest BCUT2D eigenvalue weighted by molar-refractivity contribution is 7.99. The molecule has 2 aliphatic rings. The van der Waals surface area contributed by atoms with Gasteiger partial charge in [-0.3, -0.25) is 0 Å². The van der Waals surface area contributed by atoms with Crippen LogP contribution < -0.4 is 11.1 Å². The van der Waals surface area contributed by atoms with Crippen molar-refractivity contribution < 1.29 is 4.74 Å². The smallest absolute Gasteiger partial charge is 0.0480 e. The van der Waals surface area contributed by atoms with Crippen molar-refractivity contribution in [2.24, 2.45) is 5.73 Å². The molecule has 14 heavy (non-hydrogen) atoms. The van der Waals surface area contributed by atoms with Crippen LogP contribution >= 0.6 is 11.8 Å². The summed E-state index contributed by atoms with van der Waals surface area (Å²) in [5.74, 6) is 2.44. The normalized spacial score (nSPS) is 34.9. The molecule has 2 heterocycles. The molecule has 3 N–H and O–H groups in total. The summed E-state index contributed by atoms with van der Waals surface area (Å²) in [4.78, 5) is 0. The average Bonchev–Trinajstić information content (AvgIpc) is 2.69. The molecule has 0 radical (unpaired) electrons. The van der Waals surface area contributed by atoms with Crippen molar-refractivity contribution in [3.05, 3.63) is 0 Å². The molecule has 0 aliphatic carbocycles. The van der Waals surface area contributed by atoms with Gasteiger partial charge in [-0.05, 0) is 25.0 Å². The molecule has 3 nitrogen and oxygen atoms in total. The van der Waals surface area contributed by atoms with E-state index in [0.717, 1.165) is 32.6 Å². The summed E-state index contributed by atoms with van der Waals surface area (Å²) in [6.07, 6.45) is 3.52. The molecule has 1 atom stereocenters. The number of nitrogens with one attached hydrogen (secondary N) is 1. The molecule has 0 aromatic rings. The fraction of sp³-hybridized carbons (Fsp3) is 1.00. The number of ether oxygens (including phenoxy) is 1. The first kappa shape index (κ1) is 10.7. The average molecular weight is 216 g/mol. The van der Waals surface area contributed by atoms with E-state index in [0.29, 0.717) is 6.04 Å². The molecular formula is C10H20N2OS. The Bertz CT molecular complexity index is 177. The molecule has 2 fully saturated rings. The van der Waals surface area contributed by atoms with Crippen molar-refractivity contribution in [2.75, 3.05) is 31.3 Å². The molecule has 2 aliphatic heterocycles. The Labute approximate surface area is 90.1 Å². The van der Waals surface area contributed by atoms with Crippen molar-refractivity contribution >= 4 is 11.8 Å². The number of thioether (sulfide) groups is 1. The maximum absolute atomic E-state index is 5.88. The zero-order valence-corrected chi connectivity index (χ0v) is 9.44. The van der Waals surface area contributed by atoms with Crippen LogP contribution in [0.4, 0.5) is 0 Å². The lowest BCUT2D eigenvalue weighted by Crippen LogP contribution is -2.56. The van der Waals surface area contributed by atoms with Gasteiger partial charge in [0.2, 0.25) is 0 Å². The van der Waals surface area contributed by atoms with Crippen LogP contribution in [0.15, 0.2) is 0 Å². The van der Waals surface area contributed by atoms with E-state index in [9.17, 15) is 0 Å². The molecule has 0 amide bonds. The Hall–Kier alpha value is 0.230. The van der Waals surface area contributed by atoms with Crippen molar-refractivity contribution in [1.82, 2.24) is 5.32 Å². The lowest BCUT2D eigenvalue weighted by atomic mass is 9.96. The van der Waals surface area contributed by atoms with Gasteiger partial charge in [0, 0.05) is 37.1 Å². The Kier molecular flexibility index (Phi) is 3.71. The third-order valence-corrected chi connectivity index (χ3v) is 4.48. The minimum absolute atomic E-state index is 0.229. The highest BCUT2D eigenvalue weighted by atomic mass is 32.2. The quantitative estimate of drug-likeness (QED) is 0.725. The number of rotatable bonds is 3. The Balaban J connectivity index is 1.86. The van der Waals surface area contributed by atoms with Gasteiger partial charge >= 0.3 is 0 Å². The molecule has 4 heteroatoms. The summed E-state index contributed by atoms with van der Waals surface area (Å²) in [6.45, 7) is 2.59. The van der Waals surface area contributed by atoms with Gasteiger partial charge < -0.3 is 15.8 Å². The molecule has 0 aromatic carbocycles. The van der Waals surface area contributed by atoms with Crippen LogP contribution in [0.2, 0.25) is 0 Å². The van der Waals surface area contributed by atoms with Crippen LogP contribution in [0.3, 0.4) is 0 Å². The Morgan fingerprint density at radius 1 is 1.43 bits per heavy atom. The monoisotopic (exact) mass is 216 g/mol. The second kappa shape index (κ2) is 4.84. The van der Waals surface area contributed by atoms with E-state index in [1.807, 2.05) is 11.8 Å². The van der Waals surface area contributed by atoms with Gasteiger partial charge in [-0.2, -0.15) is 11.8 Å². The number of hydrogen-bond acceptors (Lipinski definition) is 4. The Morgan fingerprint density at radius 3 is 2.79 bits per heavy atom. The fourth-order valence-electron chi connectivity index (χ4n) is 2.22. The molecule has 82 valence electrons. The zero-order valence-electron chi connectivity index (χ0n) is 8.63. The molecule has 0 aromatic heterocycles. The summed E-state index contributed by atoms with van der Waals surface area (Å²) in [5, 5.41) is 3.76. The van der Waals surface area contributed by atoms with Crippen molar-refractivity contribution in [3.8, 4) is 0 Å². The fourth-order valence-corrected chi connectivity index (χ4v) is 3.63. The van der Waals surface area contributed by atoms with E-state index in [1.165, 1.54) is 17.9 Å². The van der Waals surface area contributed by atoms with Crippen molar-refractivity contribution in [3.63, 3.8) is 0 Å². The van der Waals surface area contributed by atoms with Gasteiger partial charge in [0.15, 0.2) is 0 Å². The number of nitrogens with two attached hydrogens (primary N) is 1. The van der Waals surface area contributed by atoms with Crippen molar-refractivity contribution in [1.29, 1.82) is 0 Å². The molecule has 2 saturated heterocycles. The van der Waals surface area contributed by atoms with Crippen molar-refractivity contribution in [2.45, 2.75) is 30.8 Å². The topological polar surface area (TPSA) is 47.3 Å². The lowest BCUT2D eigenvalue weighted by Gasteiger charge is -2.35. The van der Waals surface area contributed by atoms with Crippen LogP contribution in [-0.2, 0) is 4.74 Å². The van der Waals surface area contributed by atoms with E-state index in [4.69, 9.17) is 10.5 Å². The maximum Gasteiger partial charge on any atom is 0.0480 e. The van der Waals surface area contributed by atoms with Crippen LogP contribution in [0.1, 0.15) is 19.3 Å². The van der Waals surface area contributed by atoms with E-state index in [2.05, 4.69) is 5.32 Å². The van der Waals surface area contributed by atoms with Crippen LogP contribution in [-0.4, -0.2) is 42.8 Å². The summed E-state index contributed by atoms with van der Waals surface area (Å²) in [6, 6.07) is 0.631. The second-order valence-corrected chi connectivity index (χ2v) is 5.42. The van der Waals surface area contributed by atoms with Gasteiger partial charge in [-0.15, -0.1) is 0 Å². The summed E-state index contributed by atoms with van der Waals surface area (Å²) in [7, 11) is 0. The molecular weight excluding hydrogens is 196 g/mol. The maximum atomic E-state index is 5.88. The predicted molar refractivity (Wildman–Crippen MR) is 60.7 cm³/mol. The van der Waals surface area contributed by atoms with E-state index >= 15 is 0 Å². The van der Waals surface area contributed by atoms with E-state index < -0.39 is 0 Å². The summed E-state index contributed by atoms with van der Waals surface area (Å²) in [5.41, 5.74) is 6.11. The van der Waals surface area contributed by atoms with Gasteiger partial charge in [0.25, 0.3) is 0 Å². The predicted octanol–water partition coefficient (Wildman–Crippen LogP) is 0.589. The van der Waals surface area contributed by atoms with Crippen LogP contribution in [0, 0.1) is 0 Å². The van der Waals surface area contributed by atoms with E-state index in [1.54, 1.807) is 0 Å². The highest BCUT2D eigenvalue weighted by Crippen LogP contribution is 2.28. The van der Waals surface area contributed by atoms with Crippen LogP contribution in [0.5, 0.6) is 0 Å². The van der Waals surface area contributed by atoms with Gasteiger partial charge in [0.05, 0.1) is 0 Å². The van der Waals surface area contributed by atoms with Gasteiger partial charge in [0.1, 0.15) is 0 Å². The first-order chi connectivity index (χ1) is 6.85. The lowest BCUT2D eigenvalue weighted by molar-refractivity contribution is 0.0699. The minimum Gasteiger partial charge on any atom is -0.381 e. The third kappa shape index (κ3) is 2.42. The van der Waals surface area contributed by atoms with Crippen LogP contribution in [0.25, 0.3) is 0 Å². The second-order valence-electron chi connectivity index (χ2n) is 4.32. The first-order valence-electron chi connectivity index (χ1n) is 5.48. The molecule has 0 bridgehead atoms. The molecule has 1 unspecified atom stereocenters. The van der Waals surface area contributed by atoms with Gasteiger partial charge in [-0.25, -0.2) is 0 Å². The third-order valence-electron chi connectivity index (χ3n) is 3.23. The minimum atomic E-state index is 0.229. The SMILES string of the molecule is NCC1(NC2CCOCC2)CCSC1. The number of hydrogen-bond donors (Lipinski definition) is 2. The first-order valence-corrected chi connectivity index (χ1v) is 6.63. The molecule has 0 saturated carbocycles. The highest BCUT2D eigenvalue weighted by Gasteiger charge is 2.34. The Morgan fingerprint density at radius 2 is 2.21 bits per heavy atom. The van der Waals surface area contributed by atoms with Gasteiger partial charge in [-0.1, -0.05) is 0 Å². The zero-order chi connectivity index (χ0) is 9.86. The molecule has 2 rings (SSSR count). The van der Waals surface area contributed by atoms with E-state index in [-0.39, 0.29) is 5.54 Å².